The fourth-order valence-electron chi connectivity index (χ4n) is 2.61. The summed E-state index contributed by atoms with van der Waals surface area (Å²) in [5.74, 6) is -1.07. The van der Waals surface area contributed by atoms with Gasteiger partial charge in [-0.05, 0) is 35.2 Å². The molecule has 0 aliphatic carbocycles. The normalized spacial score (nSPS) is 11.6. The molecule has 2 rings (SSSR count). The number of methoxy groups -OCH3 is 1. The Morgan fingerprint density at radius 1 is 1.20 bits per heavy atom. The molecule has 1 amide bonds. The van der Waals surface area contributed by atoms with Crippen LogP contribution in [0.2, 0.25) is 5.02 Å². The number of carbonyl (C=O) groups excluding carboxylic acids is 1. The number of nitrogens with one attached hydrogen (secondary N) is 1. The number of amides is 1. The van der Waals surface area contributed by atoms with Gasteiger partial charge in [0.25, 0.3) is 0 Å². The monoisotopic (exact) mass is 361 g/mol. The van der Waals surface area contributed by atoms with Gasteiger partial charge in [0.05, 0.1) is 18.6 Å². The Morgan fingerprint density at radius 2 is 1.88 bits per heavy atom. The molecule has 0 radical (unpaired) electrons. The van der Waals surface area contributed by atoms with E-state index in [4.69, 9.17) is 16.3 Å². The molecule has 5 nitrogen and oxygen atoms in total. The predicted molar refractivity (Wildman–Crippen MR) is 96.0 cm³/mol. The van der Waals surface area contributed by atoms with Crippen molar-refractivity contribution in [2.75, 3.05) is 7.11 Å². The van der Waals surface area contributed by atoms with E-state index in [0.29, 0.717) is 11.3 Å². The molecule has 0 aliphatic rings. The van der Waals surface area contributed by atoms with Gasteiger partial charge in [-0.2, -0.15) is 0 Å². The second-order valence-electron chi connectivity index (χ2n) is 5.53. The smallest absolute Gasteiger partial charge is 0.330 e. The van der Waals surface area contributed by atoms with Gasteiger partial charge in [0.2, 0.25) is 5.91 Å². The minimum absolute atomic E-state index is 0.123. The Morgan fingerprint density at radius 3 is 2.44 bits per heavy atom. The lowest BCUT2D eigenvalue weighted by molar-refractivity contribution is -0.141. The van der Waals surface area contributed by atoms with E-state index < -0.39 is 12.0 Å². The van der Waals surface area contributed by atoms with E-state index in [1.54, 1.807) is 12.1 Å². The number of carboxylic acid groups (broad SMARTS) is 1. The fourth-order valence-corrected chi connectivity index (χ4v) is 2.88. The molecule has 6 heteroatoms. The van der Waals surface area contributed by atoms with Gasteiger partial charge in [-0.15, -0.1) is 0 Å². The number of carboxylic acids is 1. The Labute approximate surface area is 151 Å². The third-order valence-corrected chi connectivity index (χ3v) is 4.21. The number of hydrogen-bond acceptors (Lipinski definition) is 3. The number of rotatable bonds is 7. The molecule has 0 aliphatic heterocycles. The molecule has 25 heavy (non-hydrogen) atoms. The van der Waals surface area contributed by atoms with Gasteiger partial charge in [-0.1, -0.05) is 48.9 Å². The van der Waals surface area contributed by atoms with Crippen LogP contribution in [0.3, 0.4) is 0 Å². The minimum Gasteiger partial charge on any atom is -0.495 e. The van der Waals surface area contributed by atoms with Crippen LogP contribution in [0, 0.1) is 0 Å². The molecular formula is C19H20ClNO4. The van der Waals surface area contributed by atoms with Gasteiger partial charge >= 0.3 is 5.97 Å². The van der Waals surface area contributed by atoms with E-state index in [0.717, 1.165) is 17.5 Å². The van der Waals surface area contributed by atoms with E-state index in [2.05, 4.69) is 5.32 Å². The van der Waals surface area contributed by atoms with Crippen LogP contribution in [0.1, 0.15) is 29.7 Å². The van der Waals surface area contributed by atoms with Crippen molar-refractivity contribution in [1.82, 2.24) is 5.32 Å². The highest BCUT2D eigenvalue weighted by molar-refractivity contribution is 6.32. The van der Waals surface area contributed by atoms with E-state index in [-0.39, 0.29) is 17.4 Å². The summed E-state index contributed by atoms with van der Waals surface area (Å²) in [5.41, 5.74) is 2.34. The number of halogens is 1. The second-order valence-corrected chi connectivity index (χ2v) is 5.94. The molecule has 132 valence electrons. The maximum atomic E-state index is 12.3. The number of aryl methyl sites for hydroxylation is 1. The lowest BCUT2D eigenvalue weighted by Crippen LogP contribution is -2.34. The Balaban J connectivity index is 2.17. The molecule has 1 atom stereocenters. The summed E-state index contributed by atoms with van der Waals surface area (Å²) in [6, 6.07) is 11.1. The van der Waals surface area contributed by atoms with Crippen molar-refractivity contribution in [2.45, 2.75) is 25.8 Å². The first-order valence-corrected chi connectivity index (χ1v) is 8.26. The average Bonchev–Trinajstić information content (AvgIpc) is 2.59. The molecule has 2 N–H and O–H groups in total. The Bertz CT molecular complexity index is 776. The second kappa shape index (κ2) is 8.53. The summed E-state index contributed by atoms with van der Waals surface area (Å²) < 4.78 is 5.06. The van der Waals surface area contributed by atoms with E-state index >= 15 is 0 Å². The Hall–Kier alpha value is -2.53. The van der Waals surface area contributed by atoms with Crippen LogP contribution in [0.5, 0.6) is 5.75 Å². The van der Waals surface area contributed by atoms with Gasteiger partial charge in [-0.3, -0.25) is 4.79 Å². The molecule has 0 heterocycles. The van der Waals surface area contributed by atoms with Crippen LogP contribution >= 0.6 is 11.6 Å². The van der Waals surface area contributed by atoms with Crippen molar-refractivity contribution >= 4 is 23.5 Å². The maximum Gasteiger partial charge on any atom is 0.330 e. The molecule has 1 unspecified atom stereocenters. The summed E-state index contributed by atoms with van der Waals surface area (Å²) in [6.07, 6.45) is 0.928. The van der Waals surface area contributed by atoms with E-state index in [9.17, 15) is 14.7 Å². The van der Waals surface area contributed by atoms with Crippen molar-refractivity contribution in [3.05, 3.63) is 64.2 Å². The summed E-state index contributed by atoms with van der Waals surface area (Å²) in [5, 5.41) is 12.3. The van der Waals surface area contributed by atoms with Gasteiger partial charge in [0.15, 0.2) is 6.04 Å². The van der Waals surface area contributed by atoms with Gasteiger partial charge < -0.3 is 15.2 Å². The summed E-state index contributed by atoms with van der Waals surface area (Å²) in [4.78, 5) is 23.9. The zero-order chi connectivity index (χ0) is 18.4. The van der Waals surface area contributed by atoms with Crippen LogP contribution in [0.4, 0.5) is 0 Å². The number of carbonyl (C=O) groups is 2. The minimum atomic E-state index is -1.18. The highest BCUT2D eigenvalue weighted by atomic mass is 35.5. The summed E-state index contributed by atoms with van der Waals surface area (Å²) in [7, 11) is 1.47. The average molecular weight is 362 g/mol. The first kappa shape index (κ1) is 18.8. The van der Waals surface area contributed by atoms with Gasteiger partial charge in [-0.25, -0.2) is 4.79 Å². The zero-order valence-corrected chi connectivity index (χ0v) is 14.8. The van der Waals surface area contributed by atoms with Crippen LogP contribution in [-0.4, -0.2) is 24.1 Å². The number of aliphatic carboxylic acids is 1. The van der Waals surface area contributed by atoms with Crippen molar-refractivity contribution in [3.8, 4) is 5.75 Å². The number of ether oxygens (including phenoxy) is 1. The van der Waals surface area contributed by atoms with Crippen LogP contribution < -0.4 is 10.1 Å². The lowest BCUT2D eigenvalue weighted by atomic mass is 10.0. The topological polar surface area (TPSA) is 75.6 Å². The van der Waals surface area contributed by atoms with Crippen molar-refractivity contribution in [1.29, 1.82) is 0 Å². The number of benzene rings is 2. The van der Waals surface area contributed by atoms with Crippen LogP contribution in [0.15, 0.2) is 42.5 Å². The molecule has 0 bridgehead atoms. The first-order valence-electron chi connectivity index (χ1n) is 7.88. The third kappa shape index (κ3) is 4.73. The van der Waals surface area contributed by atoms with Gasteiger partial charge in [0, 0.05) is 0 Å². The SMILES string of the molecule is CCc1ccccc1CC(=O)NC(C(=O)O)c1ccc(OC)c(Cl)c1. The molecule has 0 fully saturated rings. The molecule has 0 aromatic heterocycles. The quantitative estimate of drug-likeness (QED) is 0.792. The fraction of sp³-hybridized carbons (Fsp3) is 0.263. The standard InChI is InChI=1S/C19H20ClNO4/c1-3-12-6-4-5-7-13(12)11-17(22)21-18(19(23)24)14-8-9-16(25-2)15(20)10-14/h4-10,18H,3,11H2,1-2H3,(H,21,22)(H,23,24). The van der Waals surface area contributed by atoms with E-state index in [1.165, 1.54) is 13.2 Å². The molecular weight excluding hydrogens is 342 g/mol. The molecule has 2 aromatic carbocycles. The summed E-state index contributed by atoms with van der Waals surface area (Å²) in [6.45, 7) is 2.01. The molecule has 2 aromatic rings. The summed E-state index contributed by atoms with van der Waals surface area (Å²) >= 11 is 6.05. The third-order valence-electron chi connectivity index (χ3n) is 3.91. The first-order chi connectivity index (χ1) is 12.0. The zero-order valence-electron chi connectivity index (χ0n) is 14.1. The molecule has 0 spiro atoms. The van der Waals surface area contributed by atoms with Crippen molar-refractivity contribution in [3.63, 3.8) is 0 Å². The van der Waals surface area contributed by atoms with Gasteiger partial charge in [0.1, 0.15) is 5.75 Å². The largest absolute Gasteiger partial charge is 0.495 e. The Kier molecular flexibility index (Phi) is 6.42. The van der Waals surface area contributed by atoms with E-state index in [1.807, 2.05) is 31.2 Å². The van der Waals surface area contributed by atoms with Crippen molar-refractivity contribution < 1.29 is 19.4 Å². The molecule has 0 saturated carbocycles. The highest BCUT2D eigenvalue weighted by Crippen LogP contribution is 2.28. The predicted octanol–water partition coefficient (Wildman–Crippen LogP) is 3.40. The van der Waals surface area contributed by atoms with Crippen LogP contribution in [0.25, 0.3) is 0 Å². The van der Waals surface area contributed by atoms with Crippen molar-refractivity contribution in [2.24, 2.45) is 0 Å². The molecule has 0 saturated heterocycles. The van der Waals surface area contributed by atoms with Crippen LogP contribution in [-0.2, 0) is 22.4 Å². The highest BCUT2D eigenvalue weighted by Gasteiger charge is 2.23. The lowest BCUT2D eigenvalue weighted by Gasteiger charge is -2.16. The number of hydrogen-bond donors (Lipinski definition) is 2. The maximum absolute atomic E-state index is 12.3.